The maximum Gasteiger partial charge on any atom is 0.316 e. The van der Waals surface area contributed by atoms with Crippen molar-refractivity contribution in [2.75, 3.05) is 26.6 Å². The van der Waals surface area contributed by atoms with E-state index in [9.17, 15) is 13.2 Å². The molecule has 17 heavy (non-hydrogen) atoms. The monoisotopic (exact) mass is 270 g/mol. The third kappa shape index (κ3) is 6.60. The van der Waals surface area contributed by atoms with E-state index >= 15 is 0 Å². The minimum Gasteiger partial charge on any atom is -0.309 e. The quantitative estimate of drug-likeness (QED) is 0.241. The summed E-state index contributed by atoms with van der Waals surface area (Å²) in [5.74, 6) is -0.554. The molecule has 0 aliphatic rings. The summed E-state index contributed by atoms with van der Waals surface area (Å²) in [6.45, 7) is 5.72. The predicted octanol–water partition coefficient (Wildman–Crippen LogP) is 0.418. The van der Waals surface area contributed by atoms with Gasteiger partial charge in [0.2, 0.25) is 11.8 Å². The van der Waals surface area contributed by atoms with Crippen LogP contribution in [0, 0.1) is 5.41 Å². The Balaban J connectivity index is 4.43. The first-order valence-corrected chi connectivity index (χ1v) is 7.06. The Morgan fingerprint density at radius 3 is 2.18 bits per heavy atom. The largest absolute Gasteiger partial charge is 0.316 e. The van der Waals surface area contributed by atoms with Crippen molar-refractivity contribution < 1.29 is 22.2 Å². The van der Waals surface area contributed by atoms with Crippen molar-refractivity contribution in [3.63, 3.8) is 0 Å². The van der Waals surface area contributed by atoms with Gasteiger partial charge in [0, 0.05) is 5.41 Å². The summed E-state index contributed by atoms with van der Waals surface area (Å²) in [5, 5.41) is 2.69. The van der Waals surface area contributed by atoms with Gasteiger partial charge in [-0.1, -0.05) is 20.8 Å². The van der Waals surface area contributed by atoms with Gasteiger partial charge in [0.1, 0.15) is 0 Å². The lowest BCUT2D eigenvalue weighted by molar-refractivity contribution is -0.880. The molecule has 2 N–H and O–H groups in total. The highest BCUT2D eigenvalue weighted by Crippen LogP contribution is 2.19. The molecule has 7 heteroatoms. The molecule has 0 spiro atoms. The van der Waals surface area contributed by atoms with Crippen LogP contribution in [-0.4, -0.2) is 50.0 Å². The van der Waals surface area contributed by atoms with Crippen molar-refractivity contribution in [2.24, 2.45) is 5.41 Å². The van der Waals surface area contributed by atoms with Crippen molar-refractivity contribution >= 4 is 16.0 Å². The van der Waals surface area contributed by atoms with Gasteiger partial charge in [0.15, 0.2) is 6.67 Å². The van der Waals surface area contributed by atoms with E-state index in [-0.39, 0.29) is 17.1 Å². The van der Waals surface area contributed by atoms with Crippen LogP contribution in [0.4, 0.5) is 0 Å². The molecule has 0 aromatic carbocycles. The van der Waals surface area contributed by atoms with Crippen LogP contribution in [0.5, 0.6) is 0 Å². The van der Waals surface area contributed by atoms with E-state index in [1.165, 1.54) is 0 Å². The maximum absolute atomic E-state index is 11.8. The van der Waals surface area contributed by atoms with E-state index in [1.807, 2.05) is 20.8 Å². The van der Waals surface area contributed by atoms with Crippen LogP contribution in [0.15, 0.2) is 0 Å². The van der Waals surface area contributed by atoms with E-state index in [0.717, 1.165) is 0 Å². The van der Waals surface area contributed by atoms with Gasteiger partial charge >= 0.3 is 10.1 Å². The van der Waals surface area contributed by atoms with Gasteiger partial charge in [-0.25, -0.2) is 0 Å². The summed E-state index contributed by atoms with van der Waals surface area (Å²) in [7, 11) is -0.814. The molecule has 0 saturated carbocycles. The average molecular weight is 270 g/mol. The molecular weight excluding hydrogens is 247 g/mol. The zero-order valence-electron chi connectivity index (χ0n) is 11.1. The second-order valence-electron chi connectivity index (χ2n) is 5.55. The first-order chi connectivity index (χ1) is 7.40. The molecule has 0 aromatic rings. The number of nitrogens with one attached hydrogen (secondary N) is 1. The first kappa shape index (κ1) is 16.3. The number of quaternary nitrogens is 1. The molecule has 0 heterocycles. The minimum absolute atomic E-state index is 0.0234. The van der Waals surface area contributed by atoms with E-state index in [2.05, 4.69) is 5.32 Å². The third-order valence-electron chi connectivity index (χ3n) is 2.68. The maximum atomic E-state index is 11.8. The van der Waals surface area contributed by atoms with Crippen molar-refractivity contribution in [1.29, 1.82) is 0 Å². The molecule has 0 fully saturated rings. The van der Waals surface area contributed by atoms with Gasteiger partial charge < -0.3 is 5.32 Å². The average Bonchev–Trinajstić information content (AvgIpc) is 2.10. The summed E-state index contributed by atoms with van der Waals surface area (Å²) < 4.78 is 30.3. The number of hydrogen-bond acceptors (Lipinski definition) is 3. The fraction of sp³-hybridized carbons (Fsp3) is 0.900. The van der Waals surface area contributed by atoms with Crippen LogP contribution in [0.1, 0.15) is 27.2 Å². The molecule has 0 aliphatic carbocycles. The topological polar surface area (TPSA) is 83.5 Å². The molecule has 6 nitrogen and oxygen atoms in total. The Morgan fingerprint density at radius 1 is 1.35 bits per heavy atom. The number of amides is 1. The fourth-order valence-corrected chi connectivity index (χ4v) is 2.15. The van der Waals surface area contributed by atoms with Crippen LogP contribution >= 0.6 is 0 Å². The lowest BCUT2D eigenvalue weighted by Gasteiger charge is -2.30. The van der Waals surface area contributed by atoms with Gasteiger partial charge in [-0.15, -0.1) is 0 Å². The molecule has 0 aromatic heterocycles. The summed E-state index contributed by atoms with van der Waals surface area (Å²) in [4.78, 5) is 11.8. The normalized spacial score (nSPS) is 13.5. The Bertz CT molecular complexity index is 374. The molecule has 1 amide bonds. The summed E-state index contributed by atoms with van der Waals surface area (Å²) in [6, 6.07) is 0. The van der Waals surface area contributed by atoms with Gasteiger partial charge in [0.05, 0.1) is 14.1 Å². The number of rotatable bonds is 6. The van der Waals surface area contributed by atoms with E-state index < -0.39 is 21.4 Å². The van der Waals surface area contributed by atoms with E-state index in [1.54, 1.807) is 14.1 Å². The third-order valence-corrected chi connectivity index (χ3v) is 3.70. The Hall–Kier alpha value is -0.660. The highest BCUT2D eigenvalue weighted by atomic mass is 32.2. The molecule has 0 unspecified atom stereocenters. The number of nitrogens with zero attached hydrogens (tertiary/aromatic N) is 1. The first-order valence-electron chi connectivity index (χ1n) is 5.45. The Kier molecular flexibility index (Phi) is 5.12. The SMILES string of the molecule is CCC(C)(C)C(=O)NC[15N+]([13CH3])([13CH3])CS(=O)(=O)O. The van der Waals surface area contributed by atoms with Crippen LogP contribution in [0.3, 0.4) is 0 Å². The van der Waals surface area contributed by atoms with Crippen LogP contribution < -0.4 is 5.32 Å². The highest BCUT2D eigenvalue weighted by molar-refractivity contribution is 7.85. The van der Waals surface area contributed by atoms with Gasteiger partial charge in [-0.05, 0) is 6.42 Å². The molecular formula is C10H23N2O4S+. The molecule has 0 saturated heterocycles. The number of carbonyl (C=O) groups is 1. The van der Waals surface area contributed by atoms with Crippen molar-refractivity contribution in [1.82, 2.24) is 5.32 Å². The molecule has 0 radical (unpaired) electrons. The second kappa shape index (κ2) is 5.32. The standard InChI is InChI=1S/C10H22N2O4S/c1-6-10(2,3)9(13)11-7-12(4,5)8-17(14,15)16/h6-8H2,1-5H3,(H-,11,13,14,15,16)/p+1/i4+1,5+1,12+1. The molecule has 102 valence electrons. The lowest BCUT2D eigenvalue weighted by atomic mass is 9.89. The van der Waals surface area contributed by atoms with Crippen molar-refractivity contribution in [3.05, 3.63) is 0 Å². The van der Waals surface area contributed by atoms with Gasteiger partial charge in [-0.3, -0.25) is 13.8 Å². The second-order valence-corrected chi connectivity index (χ2v) is 6.97. The molecule has 0 bridgehead atoms. The lowest BCUT2D eigenvalue weighted by Crippen LogP contribution is -2.52. The zero-order valence-corrected chi connectivity index (χ0v) is 12.0. The Labute approximate surface area is 103 Å². The summed E-state index contributed by atoms with van der Waals surface area (Å²) in [5.41, 5.74) is -0.474. The van der Waals surface area contributed by atoms with Crippen LogP contribution in [-0.2, 0) is 14.9 Å². The fourth-order valence-electron chi connectivity index (χ4n) is 1.17. The van der Waals surface area contributed by atoms with Gasteiger partial charge in [-0.2, -0.15) is 8.42 Å². The smallest absolute Gasteiger partial charge is 0.309 e. The Morgan fingerprint density at radius 2 is 1.82 bits per heavy atom. The molecule has 0 aliphatic heterocycles. The van der Waals surface area contributed by atoms with Crippen LogP contribution in [0.2, 0.25) is 0 Å². The van der Waals surface area contributed by atoms with Gasteiger partial charge in [0.25, 0.3) is 0 Å². The molecule has 0 rings (SSSR count). The minimum atomic E-state index is -4.05. The number of carbonyl (C=O) groups excluding carboxylic acids is 1. The van der Waals surface area contributed by atoms with E-state index in [0.29, 0.717) is 6.42 Å². The summed E-state index contributed by atoms with van der Waals surface area (Å²) >= 11 is 0. The van der Waals surface area contributed by atoms with Crippen molar-refractivity contribution in [3.8, 4) is 0 Å². The number of hydrogen-bond donors (Lipinski definition) is 2. The molecule has 0 atom stereocenters. The summed E-state index contributed by atoms with van der Waals surface area (Å²) in [6.07, 6.45) is 0.699. The van der Waals surface area contributed by atoms with Crippen molar-refractivity contribution in [2.45, 2.75) is 27.2 Å². The predicted molar refractivity (Wildman–Crippen MR) is 65.6 cm³/mol. The van der Waals surface area contributed by atoms with Crippen LogP contribution in [0.25, 0.3) is 0 Å². The highest BCUT2D eigenvalue weighted by Gasteiger charge is 2.29. The zero-order chi connectivity index (χ0) is 13.9. The van der Waals surface area contributed by atoms with E-state index in [4.69, 9.17) is 4.55 Å².